The van der Waals surface area contributed by atoms with Crippen LogP contribution in [0, 0.1) is 5.92 Å². The Morgan fingerprint density at radius 1 is 1.32 bits per heavy atom. The third-order valence-corrected chi connectivity index (χ3v) is 5.77. The molecule has 3 N–H and O–H groups in total. The van der Waals surface area contributed by atoms with Crippen LogP contribution in [0.5, 0.6) is 0 Å². The minimum atomic E-state index is -3.17. The first-order valence-corrected chi connectivity index (χ1v) is 8.73. The van der Waals surface area contributed by atoms with Crippen LogP contribution in [0.15, 0.2) is 0 Å². The second kappa shape index (κ2) is 6.19. The third kappa shape index (κ3) is 4.15. The van der Waals surface area contributed by atoms with E-state index >= 15 is 0 Å². The van der Waals surface area contributed by atoms with Gasteiger partial charge in [0, 0.05) is 25.6 Å². The summed E-state index contributed by atoms with van der Waals surface area (Å²) >= 11 is 0. The number of primary amides is 1. The van der Waals surface area contributed by atoms with Crippen LogP contribution >= 0.6 is 0 Å². The molecule has 0 radical (unpaired) electrons. The van der Waals surface area contributed by atoms with Gasteiger partial charge in [0.25, 0.3) is 0 Å². The Kier molecular flexibility index (Phi) is 4.81. The molecule has 0 aromatic rings. The molecule has 7 heteroatoms. The molecule has 19 heavy (non-hydrogen) atoms. The maximum absolute atomic E-state index is 11.8. The SMILES string of the molecule is NC(=O)CCS(=O)(=O)CCN1CCCC2CNCC21. The first-order valence-electron chi connectivity index (χ1n) is 6.91. The van der Waals surface area contributed by atoms with Crippen LogP contribution in [0.25, 0.3) is 0 Å². The lowest BCUT2D eigenvalue weighted by Crippen LogP contribution is -2.47. The summed E-state index contributed by atoms with van der Waals surface area (Å²) in [5.41, 5.74) is 4.99. The van der Waals surface area contributed by atoms with Crippen LogP contribution in [-0.2, 0) is 14.6 Å². The number of carbonyl (C=O) groups excluding carboxylic acids is 1. The molecule has 2 rings (SSSR count). The Morgan fingerprint density at radius 3 is 2.84 bits per heavy atom. The van der Waals surface area contributed by atoms with Gasteiger partial charge in [-0.1, -0.05) is 0 Å². The van der Waals surface area contributed by atoms with Crippen molar-refractivity contribution in [1.82, 2.24) is 10.2 Å². The number of hydrogen-bond donors (Lipinski definition) is 2. The molecule has 6 nitrogen and oxygen atoms in total. The Morgan fingerprint density at radius 2 is 2.11 bits per heavy atom. The fourth-order valence-corrected chi connectivity index (χ4v) is 4.28. The first-order chi connectivity index (χ1) is 8.98. The molecule has 0 saturated carbocycles. The van der Waals surface area contributed by atoms with Gasteiger partial charge in [0.05, 0.1) is 11.5 Å². The zero-order valence-corrected chi connectivity index (χ0v) is 12.0. The van der Waals surface area contributed by atoms with Crippen LogP contribution < -0.4 is 11.1 Å². The number of likely N-dealkylation sites (tertiary alicyclic amines) is 1. The highest BCUT2D eigenvalue weighted by Gasteiger charge is 2.35. The number of fused-ring (bicyclic) bond motifs is 1. The highest BCUT2D eigenvalue weighted by molar-refractivity contribution is 7.91. The van der Waals surface area contributed by atoms with Gasteiger partial charge in [0.2, 0.25) is 5.91 Å². The van der Waals surface area contributed by atoms with E-state index in [9.17, 15) is 13.2 Å². The van der Waals surface area contributed by atoms with Crippen molar-refractivity contribution in [3.8, 4) is 0 Å². The molecule has 2 aliphatic heterocycles. The maximum Gasteiger partial charge on any atom is 0.218 e. The molecule has 0 aliphatic carbocycles. The van der Waals surface area contributed by atoms with E-state index in [1.807, 2.05) is 0 Å². The van der Waals surface area contributed by atoms with Crippen LogP contribution in [-0.4, -0.2) is 63.0 Å². The number of nitrogens with one attached hydrogen (secondary N) is 1. The van der Waals surface area contributed by atoms with Gasteiger partial charge in [-0.2, -0.15) is 0 Å². The molecule has 2 unspecified atom stereocenters. The molecule has 0 bridgehead atoms. The number of nitrogens with zero attached hydrogens (tertiary/aromatic N) is 1. The zero-order valence-electron chi connectivity index (χ0n) is 11.2. The van der Waals surface area contributed by atoms with Gasteiger partial charge >= 0.3 is 0 Å². The number of piperidine rings is 1. The smallest absolute Gasteiger partial charge is 0.218 e. The van der Waals surface area contributed by atoms with Gasteiger partial charge in [-0.3, -0.25) is 9.69 Å². The fraction of sp³-hybridized carbons (Fsp3) is 0.917. The molecular formula is C12H23N3O3S. The van der Waals surface area contributed by atoms with Crippen molar-refractivity contribution in [2.24, 2.45) is 11.7 Å². The van der Waals surface area contributed by atoms with Crippen LogP contribution in [0.1, 0.15) is 19.3 Å². The Bertz CT molecular complexity index is 424. The molecule has 1 amide bonds. The second-order valence-electron chi connectivity index (χ2n) is 5.53. The van der Waals surface area contributed by atoms with E-state index in [-0.39, 0.29) is 17.9 Å². The molecule has 0 spiro atoms. The number of sulfone groups is 1. The number of carbonyl (C=O) groups is 1. The maximum atomic E-state index is 11.8. The summed E-state index contributed by atoms with van der Waals surface area (Å²) in [6, 6.07) is 0.486. The van der Waals surface area contributed by atoms with E-state index in [0.29, 0.717) is 18.5 Å². The minimum absolute atomic E-state index is 0.0735. The number of rotatable bonds is 6. The topological polar surface area (TPSA) is 92.5 Å². The lowest BCUT2D eigenvalue weighted by Gasteiger charge is -2.36. The van der Waals surface area contributed by atoms with Crippen molar-refractivity contribution in [2.75, 3.05) is 37.7 Å². The van der Waals surface area contributed by atoms with Crippen molar-refractivity contribution in [2.45, 2.75) is 25.3 Å². The fourth-order valence-electron chi connectivity index (χ4n) is 3.06. The Balaban J connectivity index is 1.82. The molecule has 110 valence electrons. The highest BCUT2D eigenvalue weighted by atomic mass is 32.2. The molecule has 2 heterocycles. The van der Waals surface area contributed by atoms with E-state index in [2.05, 4.69) is 10.2 Å². The van der Waals surface area contributed by atoms with Crippen LogP contribution in [0.4, 0.5) is 0 Å². The van der Waals surface area contributed by atoms with Crippen molar-refractivity contribution >= 4 is 15.7 Å². The summed E-state index contributed by atoms with van der Waals surface area (Å²) < 4.78 is 23.6. The summed E-state index contributed by atoms with van der Waals surface area (Å²) in [6.07, 6.45) is 2.31. The van der Waals surface area contributed by atoms with Crippen molar-refractivity contribution < 1.29 is 13.2 Å². The molecule has 2 fully saturated rings. The van der Waals surface area contributed by atoms with Crippen molar-refractivity contribution in [3.63, 3.8) is 0 Å². The molecule has 0 aromatic heterocycles. The predicted octanol–water partition coefficient (Wildman–Crippen LogP) is -1.04. The van der Waals surface area contributed by atoms with E-state index in [1.54, 1.807) is 0 Å². The quantitative estimate of drug-likeness (QED) is 0.651. The standard InChI is InChI=1S/C12H23N3O3S/c13-12(16)3-6-19(17,18)7-5-15-4-1-2-10-8-14-9-11(10)15/h10-11,14H,1-9H2,(H2,13,16). The zero-order chi connectivity index (χ0) is 13.9. The monoisotopic (exact) mass is 289 g/mol. The highest BCUT2D eigenvalue weighted by Crippen LogP contribution is 2.26. The molecule has 2 atom stereocenters. The van der Waals surface area contributed by atoms with Gasteiger partial charge in [-0.15, -0.1) is 0 Å². The van der Waals surface area contributed by atoms with Gasteiger partial charge in [0.15, 0.2) is 9.84 Å². The average Bonchev–Trinajstić information content (AvgIpc) is 2.83. The third-order valence-electron chi connectivity index (χ3n) is 4.14. The predicted molar refractivity (Wildman–Crippen MR) is 73.4 cm³/mol. The molecular weight excluding hydrogens is 266 g/mol. The summed E-state index contributed by atoms with van der Waals surface area (Å²) in [5, 5.41) is 3.38. The van der Waals surface area contributed by atoms with E-state index in [4.69, 9.17) is 5.73 Å². The van der Waals surface area contributed by atoms with Crippen molar-refractivity contribution in [3.05, 3.63) is 0 Å². The largest absolute Gasteiger partial charge is 0.370 e. The molecule has 0 aromatic carbocycles. The van der Waals surface area contributed by atoms with Gasteiger partial charge in [-0.25, -0.2) is 8.42 Å². The number of hydrogen-bond acceptors (Lipinski definition) is 5. The summed E-state index contributed by atoms with van der Waals surface area (Å²) in [5.74, 6) is 0.120. The van der Waals surface area contributed by atoms with Gasteiger partial charge < -0.3 is 11.1 Å². The van der Waals surface area contributed by atoms with Gasteiger partial charge in [0.1, 0.15) is 0 Å². The summed E-state index contributed by atoms with van der Waals surface area (Å²) in [6.45, 7) is 3.57. The minimum Gasteiger partial charge on any atom is -0.370 e. The molecule has 2 saturated heterocycles. The molecule has 2 aliphatic rings. The number of amides is 1. The summed E-state index contributed by atoms with van der Waals surface area (Å²) in [7, 11) is -3.17. The second-order valence-corrected chi connectivity index (χ2v) is 7.84. The Labute approximate surface area is 114 Å². The van der Waals surface area contributed by atoms with E-state index in [0.717, 1.165) is 26.1 Å². The lowest BCUT2D eigenvalue weighted by atomic mass is 9.92. The lowest BCUT2D eigenvalue weighted by molar-refractivity contribution is -0.117. The number of nitrogens with two attached hydrogens (primary N) is 1. The van der Waals surface area contributed by atoms with Crippen LogP contribution in [0.3, 0.4) is 0 Å². The summed E-state index contributed by atoms with van der Waals surface area (Å²) in [4.78, 5) is 12.9. The average molecular weight is 289 g/mol. The van der Waals surface area contributed by atoms with E-state index in [1.165, 1.54) is 6.42 Å². The Hall–Kier alpha value is -0.660. The first kappa shape index (κ1) is 14.7. The van der Waals surface area contributed by atoms with E-state index < -0.39 is 15.7 Å². The van der Waals surface area contributed by atoms with Crippen molar-refractivity contribution in [1.29, 1.82) is 0 Å². The normalized spacial score (nSPS) is 28.2. The van der Waals surface area contributed by atoms with Crippen LogP contribution in [0.2, 0.25) is 0 Å². The van der Waals surface area contributed by atoms with Gasteiger partial charge in [-0.05, 0) is 31.8 Å².